The molecule has 0 N–H and O–H groups in total. The fraction of sp³-hybridized carbons (Fsp3) is 0.500. The van der Waals surface area contributed by atoms with Crippen molar-refractivity contribution in [3.8, 4) is 0 Å². The van der Waals surface area contributed by atoms with E-state index in [1.165, 1.54) is 5.56 Å². The third-order valence-corrected chi connectivity index (χ3v) is 4.07. The molecule has 1 aliphatic heterocycles. The standard InChI is InChI=1S/C16H20FN3O/c1-12-18-16(21-19-12)11-20-8-6-14(7-9-20)10-13-2-4-15(17)5-3-13/h2-5,14H,6-11H2,1H3. The van der Waals surface area contributed by atoms with E-state index < -0.39 is 0 Å². The van der Waals surface area contributed by atoms with Crippen molar-refractivity contribution in [2.75, 3.05) is 13.1 Å². The van der Waals surface area contributed by atoms with Crippen LogP contribution in [0.2, 0.25) is 0 Å². The van der Waals surface area contributed by atoms with E-state index in [4.69, 9.17) is 4.52 Å². The monoisotopic (exact) mass is 289 g/mol. The Morgan fingerprint density at radius 3 is 2.57 bits per heavy atom. The molecule has 2 heterocycles. The molecule has 21 heavy (non-hydrogen) atoms. The molecule has 0 bridgehead atoms. The highest BCUT2D eigenvalue weighted by Crippen LogP contribution is 2.22. The minimum Gasteiger partial charge on any atom is -0.338 e. The summed E-state index contributed by atoms with van der Waals surface area (Å²) in [4.78, 5) is 6.60. The SMILES string of the molecule is Cc1noc(CN2CCC(Cc3ccc(F)cc3)CC2)n1. The second kappa shape index (κ2) is 6.35. The minimum atomic E-state index is -0.163. The van der Waals surface area contributed by atoms with Gasteiger partial charge in [0.05, 0.1) is 6.54 Å². The zero-order valence-corrected chi connectivity index (χ0v) is 12.3. The lowest BCUT2D eigenvalue weighted by Gasteiger charge is -2.31. The van der Waals surface area contributed by atoms with Crippen LogP contribution in [0.25, 0.3) is 0 Å². The molecule has 1 aliphatic rings. The lowest BCUT2D eigenvalue weighted by Crippen LogP contribution is -2.34. The van der Waals surface area contributed by atoms with Crippen molar-refractivity contribution in [2.24, 2.45) is 5.92 Å². The zero-order valence-electron chi connectivity index (χ0n) is 12.3. The summed E-state index contributed by atoms with van der Waals surface area (Å²) in [5.41, 5.74) is 1.22. The van der Waals surface area contributed by atoms with Gasteiger partial charge in [-0.3, -0.25) is 4.90 Å². The molecule has 1 fully saturated rings. The summed E-state index contributed by atoms with van der Waals surface area (Å²) >= 11 is 0. The molecule has 5 heteroatoms. The van der Waals surface area contributed by atoms with Crippen molar-refractivity contribution in [3.05, 3.63) is 47.4 Å². The van der Waals surface area contributed by atoms with Crippen molar-refractivity contribution in [3.63, 3.8) is 0 Å². The summed E-state index contributed by atoms with van der Waals surface area (Å²) < 4.78 is 18.1. The summed E-state index contributed by atoms with van der Waals surface area (Å²) in [6, 6.07) is 6.87. The van der Waals surface area contributed by atoms with E-state index in [0.717, 1.165) is 38.9 Å². The van der Waals surface area contributed by atoms with Crippen molar-refractivity contribution < 1.29 is 8.91 Å². The molecular weight excluding hydrogens is 269 g/mol. The van der Waals surface area contributed by atoms with Crippen molar-refractivity contribution >= 4 is 0 Å². The number of piperidine rings is 1. The van der Waals surface area contributed by atoms with Crippen LogP contribution >= 0.6 is 0 Å². The third kappa shape index (κ3) is 3.88. The van der Waals surface area contributed by atoms with E-state index in [1.54, 1.807) is 12.1 Å². The van der Waals surface area contributed by atoms with Crippen LogP contribution < -0.4 is 0 Å². The van der Waals surface area contributed by atoms with Crippen LogP contribution in [0.5, 0.6) is 0 Å². The molecule has 0 aliphatic carbocycles. The van der Waals surface area contributed by atoms with Crippen LogP contribution in [0.1, 0.15) is 30.1 Å². The summed E-state index contributed by atoms with van der Waals surface area (Å²) in [6.07, 6.45) is 3.35. The van der Waals surface area contributed by atoms with Gasteiger partial charge in [-0.2, -0.15) is 4.98 Å². The van der Waals surface area contributed by atoms with E-state index >= 15 is 0 Å². The van der Waals surface area contributed by atoms with Crippen LogP contribution in [-0.2, 0) is 13.0 Å². The molecule has 0 unspecified atom stereocenters. The van der Waals surface area contributed by atoms with Crippen LogP contribution in [-0.4, -0.2) is 28.1 Å². The first-order valence-corrected chi connectivity index (χ1v) is 7.45. The van der Waals surface area contributed by atoms with E-state index in [1.807, 2.05) is 19.1 Å². The van der Waals surface area contributed by atoms with Gasteiger partial charge in [0.2, 0.25) is 5.89 Å². The fourth-order valence-electron chi connectivity index (χ4n) is 2.90. The predicted octanol–water partition coefficient (Wildman–Crippen LogP) is 2.97. The minimum absolute atomic E-state index is 0.163. The molecule has 0 saturated carbocycles. The number of benzene rings is 1. The Bertz CT molecular complexity index is 573. The van der Waals surface area contributed by atoms with Crippen molar-refractivity contribution in [2.45, 2.75) is 32.7 Å². The normalized spacial score (nSPS) is 17.2. The van der Waals surface area contributed by atoms with E-state index in [0.29, 0.717) is 17.6 Å². The maximum atomic E-state index is 12.9. The molecule has 4 nitrogen and oxygen atoms in total. The molecular formula is C16H20FN3O. The average Bonchev–Trinajstić information content (AvgIpc) is 2.89. The Labute approximate surface area is 124 Å². The summed E-state index contributed by atoms with van der Waals surface area (Å²) in [7, 11) is 0. The molecule has 1 aromatic heterocycles. The number of hydrogen-bond acceptors (Lipinski definition) is 4. The first-order valence-electron chi connectivity index (χ1n) is 7.45. The van der Waals surface area contributed by atoms with Gasteiger partial charge < -0.3 is 4.52 Å². The molecule has 0 radical (unpaired) electrons. The first-order chi connectivity index (χ1) is 10.2. The molecule has 1 aromatic carbocycles. The number of aryl methyl sites for hydroxylation is 1. The van der Waals surface area contributed by atoms with Gasteiger partial charge in [0, 0.05) is 0 Å². The third-order valence-electron chi connectivity index (χ3n) is 4.07. The maximum Gasteiger partial charge on any atom is 0.240 e. The van der Waals surface area contributed by atoms with Gasteiger partial charge in [0.15, 0.2) is 5.82 Å². The second-order valence-electron chi connectivity index (χ2n) is 5.79. The molecule has 0 spiro atoms. The van der Waals surface area contributed by atoms with Gasteiger partial charge in [-0.25, -0.2) is 4.39 Å². The number of rotatable bonds is 4. The highest BCUT2D eigenvalue weighted by atomic mass is 19.1. The molecule has 0 amide bonds. The summed E-state index contributed by atoms with van der Waals surface area (Å²) in [5.74, 6) is 1.90. The van der Waals surface area contributed by atoms with E-state index in [9.17, 15) is 4.39 Å². The predicted molar refractivity (Wildman–Crippen MR) is 77.1 cm³/mol. The van der Waals surface area contributed by atoms with Crippen LogP contribution in [0.4, 0.5) is 4.39 Å². The van der Waals surface area contributed by atoms with E-state index in [2.05, 4.69) is 15.0 Å². The summed E-state index contributed by atoms with van der Waals surface area (Å²) in [5, 5.41) is 3.82. The number of nitrogens with zero attached hydrogens (tertiary/aromatic N) is 3. The van der Waals surface area contributed by atoms with Crippen molar-refractivity contribution in [1.82, 2.24) is 15.0 Å². The molecule has 0 atom stereocenters. The summed E-state index contributed by atoms with van der Waals surface area (Å²) in [6.45, 7) is 4.67. The highest BCUT2D eigenvalue weighted by molar-refractivity contribution is 5.16. The van der Waals surface area contributed by atoms with Crippen LogP contribution in [0.3, 0.4) is 0 Å². The Hall–Kier alpha value is -1.75. The molecule has 3 rings (SSSR count). The van der Waals surface area contributed by atoms with Gasteiger partial charge in [0.1, 0.15) is 5.82 Å². The Kier molecular flexibility index (Phi) is 4.29. The van der Waals surface area contributed by atoms with Gasteiger partial charge in [-0.05, 0) is 62.9 Å². The maximum absolute atomic E-state index is 12.9. The van der Waals surface area contributed by atoms with Gasteiger partial charge in [-0.15, -0.1) is 0 Å². The molecule has 112 valence electrons. The van der Waals surface area contributed by atoms with Gasteiger partial charge >= 0.3 is 0 Å². The van der Waals surface area contributed by atoms with Crippen molar-refractivity contribution in [1.29, 1.82) is 0 Å². The number of halogens is 1. The average molecular weight is 289 g/mol. The highest BCUT2D eigenvalue weighted by Gasteiger charge is 2.21. The van der Waals surface area contributed by atoms with Crippen LogP contribution in [0.15, 0.2) is 28.8 Å². The Morgan fingerprint density at radius 1 is 1.24 bits per heavy atom. The number of hydrogen-bond donors (Lipinski definition) is 0. The van der Waals surface area contributed by atoms with Crippen LogP contribution in [0, 0.1) is 18.7 Å². The Morgan fingerprint density at radius 2 is 1.95 bits per heavy atom. The topological polar surface area (TPSA) is 42.2 Å². The lowest BCUT2D eigenvalue weighted by molar-refractivity contribution is 0.159. The molecule has 2 aromatic rings. The van der Waals surface area contributed by atoms with Gasteiger partial charge in [0.25, 0.3) is 0 Å². The Balaban J connectivity index is 1.47. The number of aromatic nitrogens is 2. The zero-order chi connectivity index (χ0) is 14.7. The number of likely N-dealkylation sites (tertiary alicyclic amines) is 1. The smallest absolute Gasteiger partial charge is 0.240 e. The van der Waals surface area contributed by atoms with E-state index in [-0.39, 0.29) is 5.82 Å². The fourth-order valence-corrected chi connectivity index (χ4v) is 2.90. The molecule has 1 saturated heterocycles. The largest absolute Gasteiger partial charge is 0.338 e. The first kappa shape index (κ1) is 14.2. The second-order valence-corrected chi connectivity index (χ2v) is 5.79. The lowest BCUT2D eigenvalue weighted by atomic mass is 9.90. The quantitative estimate of drug-likeness (QED) is 0.868. The van der Waals surface area contributed by atoms with Gasteiger partial charge in [-0.1, -0.05) is 17.3 Å².